The van der Waals surface area contributed by atoms with E-state index in [4.69, 9.17) is 30.6 Å². The molecule has 1 unspecified atom stereocenters. The average molecular weight is 565 g/mol. The van der Waals surface area contributed by atoms with E-state index in [2.05, 4.69) is 15.4 Å². The van der Waals surface area contributed by atoms with Crippen LogP contribution in [0, 0.1) is 5.82 Å². The highest BCUT2D eigenvalue weighted by Gasteiger charge is 2.39. The Hall–Kier alpha value is -1.92. The summed E-state index contributed by atoms with van der Waals surface area (Å²) < 4.78 is 48.1. The first kappa shape index (κ1) is 27.1. The minimum Gasteiger partial charge on any atom is -0.390 e. The summed E-state index contributed by atoms with van der Waals surface area (Å²) in [6.45, 7) is 1.33. The number of nitrogens with one attached hydrogen (secondary N) is 1. The molecule has 16 heteroatoms. The van der Waals surface area contributed by atoms with Crippen LogP contribution < -0.4 is 5.32 Å². The molecule has 5 atom stereocenters. The molecule has 0 aliphatic carbocycles. The summed E-state index contributed by atoms with van der Waals surface area (Å²) in [6, 6.07) is 7.48. The molecule has 196 valence electrons. The second-order valence-electron chi connectivity index (χ2n) is 8.41. The fourth-order valence-corrected chi connectivity index (χ4v) is 6.62. The first-order valence-corrected chi connectivity index (χ1v) is 14.7. The number of hydrogen-bond acceptors (Lipinski definition) is 8. The highest BCUT2D eigenvalue weighted by molar-refractivity contribution is 7.70. The van der Waals surface area contributed by atoms with Gasteiger partial charge in [-0.3, -0.25) is 9.13 Å². The van der Waals surface area contributed by atoms with Gasteiger partial charge in [0, 0.05) is 12.5 Å². The van der Waals surface area contributed by atoms with Crippen LogP contribution in [0.5, 0.6) is 0 Å². The molecule has 1 aliphatic heterocycles. The van der Waals surface area contributed by atoms with E-state index in [0.717, 1.165) is 5.56 Å². The number of anilines is 1. The average Bonchev–Trinajstić information content (AvgIpc) is 3.34. The lowest BCUT2D eigenvalue weighted by molar-refractivity contribution is -0.0434. The fourth-order valence-electron chi connectivity index (χ4n) is 3.86. The minimum absolute atomic E-state index is 0.0436. The summed E-state index contributed by atoms with van der Waals surface area (Å²) in [4.78, 5) is 31.8. The third-order valence-corrected chi connectivity index (χ3v) is 9.21. The summed E-state index contributed by atoms with van der Waals surface area (Å²) in [5, 5.41) is 18.8. The maximum atomic E-state index is 13.3. The number of rotatable bonds is 9. The SMILES string of the molecule is C[C@H](Nc1cc(Cl)nc2c1cnn2[C@H]1C[C@H](O)[C@@H](COP(=O)(O)CP(=O)(O)O)O1)c1ccc(F)cc1. The number of aliphatic hydroxyl groups is 1. The maximum Gasteiger partial charge on any atom is 0.340 e. The van der Waals surface area contributed by atoms with Gasteiger partial charge in [0.2, 0.25) is 0 Å². The summed E-state index contributed by atoms with van der Waals surface area (Å²) in [7, 11) is -9.39. The van der Waals surface area contributed by atoms with Crippen molar-refractivity contribution in [3.05, 3.63) is 53.1 Å². The predicted molar refractivity (Wildman–Crippen MR) is 128 cm³/mol. The van der Waals surface area contributed by atoms with Crippen molar-refractivity contribution in [2.24, 2.45) is 0 Å². The van der Waals surface area contributed by atoms with Crippen molar-refractivity contribution in [2.75, 3.05) is 17.8 Å². The lowest BCUT2D eigenvalue weighted by atomic mass is 10.1. The first-order valence-electron chi connectivity index (χ1n) is 10.7. The van der Waals surface area contributed by atoms with Gasteiger partial charge in [0.05, 0.1) is 30.0 Å². The van der Waals surface area contributed by atoms with Gasteiger partial charge in [-0.05, 0) is 30.7 Å². The Morgan fingerprint density at radius 1 is 1.31 bits per heavy atom. The molecule has 3 aromatic rings. The number of fused-ring (bicyclic) bond motifs is 1. The Bertz CT molecular complexity index is 1340. The van der Waals surface area contributed by atoms with Crippen molar-refractivity contribution < 1.29 is 42.6 Å². The Labute approximate surface area is 209 Å². The van der Waals surface area contributed by atoms with E-state index >= 15 is 0 Å². The van der Waals surface area contributed by atoms with E-state index in [-0.39, 0.29) is 23.4 Å². The van der Waals surface area contributed by atoms with Crippen molar-refractivity contribution in [3.63, 3.8) is 0 Å². The smallest absolute Gasteiger partial charge is 0.340 e. The van der Waals surface area contributed by atoms with Crippen LogP contribution in [-0.2, 0) is 18.4 Å². The Morgan fingerprint density at radius 2 is 2.00 bits per heavy atom. The molecule has 1 saturated heterocycles. The molecule has 1 aromatic carbocycles. The molecule has 3 heterocycles. The van der Waals surface area contributed by atoms with E-state index in [9.17, 15) is 23.5 Å². The molecule has 5 N–H and O–H groups in total. The number of hydrogen-bond donors (Lipinski definition) is 5. The molecule has 1 aliphatic rings. The lowest BCUT2D eigenvalue weighted by Crippen LogP contribution is -2.26. The van der Waals surface area contributed by atoms with Gasteiger partial charge in [-0.1, -0.05) is 23.7 Å². The Kier molecular flexibility index (Phi) is 7.87. The van der Waals surface area contributed by atoms with Crippen LogP contribution in [0.15, 0.2) is 36.5 Å². The van der Waals surface area contributed by atoms with Gasteiger partial charge < -0.3 is 34.4 Å². The zero-order valence-electron chi connectivity index (χ0n) is 18.8. The van der Waals surface area contributed by atoms with E-state index in [0.29, 0.717) is 16.7 Å². The Morgan fingerprint density at radius 3 is 2.67 bits per heavy atom. The number of aliphatic hydroxyl groups excluding tert-OH is 1. The lowest BCUT2D eigenvalue weighted by Gasteiger charge is -2.18. The van der Waals surface area contributed by atoms with E-state index in [1.54, 1.807) is 24.4 Å². The quantitative estimate of drug-likeness (QED) is 0.190. The van der Waals surface area contributed by atoms with Crippen molar-refractivity contribution in [2.45, 2.75) is 37.8 Å². The monoisotopic (exact) mass is 564 g/mol. The molecule has 4 rings (SSSR count). The summed E-state index contributed by atoms with van der Waals surface area (Å²) >= 11 is 6.25. The van der Waals surface area contributed by atoms with Crippen LogP contribution in [0.1, 0.15) is 31.2 Å². The molecule has 12 nitrogen and oxygen atoms in total. The van der Waals surface area contributed by atoms with E-state index in [1.165, 1.54) is 16.8 Å². The third-order valence-electron chi connectivity index (χ3n) is 5.56. The first-order chi connectivity index (χ1) is 16.8. The number of ether oxygens (including phenoxy) is 1. The van der Waals surface area contributed by atoms with Gasteiger partial charge in [0.1, 0.15) is 17.1 Å². The number of pyridine rings is 1. The van der Waals surface area contributed by atoms with Crippen LogP contribution in [0.4, 0.5) is 10.1 Å². The fraction of sp³-hybridized carbons (Fsp3) is 0.400. The van der Waals surface area contributed by atoms with Crippen LogP contribution in [-0.4, -0.2) is 59.3 Å². The number of nitrogens with zero attached hydrogens (tertiary/aromatic N) is 3. The molecule has 0 amide bonds. The topological polar surface area (TPSA) is 176 Å². The highest BCUT2D eigenvalue weighted by atomic mass is 35.5. The van der Waals surface area contributed by atoms with Crippen LogP contribution >= 0.6 is 26.8 Å². The molecule has 0 bridgehead atoms. The summed E-state index contributed by atoms with van der Waals surface area (Å²) in [5.74, 6) is -1.68. The van der Waals surface area contributed by atoms with Crippen molar-refractivity contribution in [1.82, 2.24) is 14.8 Å². The maximum absolute atomic E-state index is 13.3. The van der Waals surface area contributed by atoms with Crippen LogP contribution in [0.3, 0.4) is 0 Å². The highest BCUT2D eigenvalue weighted by Crippen LogP contribution is 2.55. The molecular formula is C20H24ClFN4O8P2. The van der Waals surface area contributed by atoms with Gasteiger partial charge in [-0.25, -0.2) is 14.1 Å². The number of aromatic nitrogens is 3. The zero-order valence-corrected chi connectivity index (χ0v) is 21.4. The number of halogens is 2. The van der Waals surface area contributed by atoms with Crippen LogP contribution in [0.25, 0.3) is 11.0 Å². The van der Waals surface area contributed by atoms with Gasteiger partial charge in [0.25, 0.3) is 0 Å². The number of benzene rings is 1. The third kappa shape index (κ3) is 6.49. The largest absolute Gasteiger partial charge is 0.390 e. The van der Waals surface area contributed by atoms with Crippen molar-refractivity contribution in [3.8, 4) is 0 Å². The zero-order chi connectivity index (χ0) is 26.3. The van der Waals surface area contributed by atoms with Gasteiger partial charge in [-0.15, -0.1) is 0 Å². The molecular weight excluding hydrogens is 541 g/mol. The second-order valence-corrected chi connectivity index (χ2v) is 12.8. The molecule has 1 fully saturated rings. The molecule has 36 heavy (non-hydrogen) atoms. The molecule has 0 saturated carbocycles. The van der Waals surface area contributed by atoms with Crippen LogP contribution in [0.2, 0.25) is 5.15 Å². The molecule has 0 spiro atoms. The molecule has 2 aromatic heterocycles. The van der Waals surface area contributed by atoms with Gasteiger partial charge in [-0.2, -0.15) is 5.10 Å². The molecule has 0 radical (unpaired) electrons. The minimum atomic E-state index is -4.78. The van der Waals surface area contributed by atoms with Gasteiger partial charge in [0.15, 0.2) is 17.8 Å². The van der Waals surface area contributed by atoms with Crippen molar-refractivity contribution in [1.29, 1.82) is 0 Å². The standard InChI is InChI=1S/C20H24ClFN4O8P2/c1-11(12-2-4-13(22)5-3-12)24-15-6-18(21)25-20-14(15)8-23-26(20)19-7-16(27)17(34-19)9-33-36(31,32)10-35(28,29)30/h2-6,8,11,16-17,19,27H,7,9-10H2,1H3,(H,24,25)(H,31,32)(H2,28,29,30)/t11-,16-,17+,19+/m0/s1. The normalized spacial score (nSPS) is 23.0. The second kappa shape index (κ2) is 10.4. The van der Waals surface area contributed by atoms with E-state index < -0.39 is 46.1 Å². The summed E-state index contributed by atoms with van der Waals surface area (Å²) in [5.41, 5.74) is 1.81. The van der Waals surface area contributed by atoms with Crippen molar-refractivity contribution >= 4 is 43.5 Å². The summed E-state index contributed by atoms with van der Waals surface area (Å²) in [6.07, 6.45) is -1.40. The predicted octanol–water partition coefficient (Wildman–Crippen LogP) is 3.38. The van der Waals surface area contributed by atoms with Gasteiger partial charge >= 0.3 is 15.2 Å². The Balaban J connectivity index is 1.50. The van der Waals surface area contributed by atoms with E-state index in [1.807, 2.05) is 6.92 Å².